The van der Waals surface area contributed by atoms with Crippen LogP contribution < -0.4 is 19.4 Å². The first kappa shape index (κ1) is 19.5. The summed E-state index contributed by atoms with van der Waals surface area (Å²) in [5, 5.41) is 1.54. The van der Waals surface area contributed by atoms with E-state index in [4.69, 9.17) is 19.0 Å². The van der Waals surface area contributed by atoms with Crippen LogP contribution >= 0.6 is 0 Å². The number of nitrogens with zero attached hydrogens (tertiary/aromatic N) is 2. The monoisotopic (exact) mass is 408 g/mol. The van der Waals surface area contributed by atoms with Gasteiger partial charge in [0.15, 0.2) is 17.2 Å². The highest BCUT2D eigenvalue weighted by atomic mass is 16.7. The van der Waals surface area contributed by atoms with E-state index in [0.29, 0.717) is 33.8 Å². The molecule has 1 fully saturated rings. The van der Waals surface area contributed by atoms with Gasteiger partial charge in [0, 0.05) is 23.7 Å². The van der Waals surface area contributed by atoms with Crippen LogP contribution in [0, 0.1) is 5.92 Å². The third-order valence-corrected chi connectivity index (χ3v) is 4.65. The molecule has 0 N–H and O–H groups in total. The van der Waals surface area contributed by atoms with Crippen molar-refractivity contribution in [2.75, 3.05) is 19.3 Å². The van der Waals surface area contributed by atoms with Gasteiger partial charge in [-0.2, -0.15) is 0 Å². The van der Waals surface area contributed by atoms with Crippen molar-refractivity contribution in [2.45, 2.75) is 12.8 Å². The minimum Gasteiger partial charge on any atom is -0.493 e. The molecular weight excluding hydrogens is 388 g/mol. The summed E-state index contributed by atoms with van der Waals surface area (Å²) in [7, 11) is 3.06. The number of fused-ring (bicyclic) bond motifs is 1. The Bertz CT molecular complexity index is 1080. The van der Waals surface area contributed by atoms with Gasteiger partial charge in [0.1, 0.15) is 0 Å². The van der Waals surface area contributed by atoms with Crippen molar-refractivity contribution in [1.29, 1.82) is 0 Å². The first-order valence-corrected chi connectivity index (χ1v) is 9.40. The number of anilines is 1. The number of carbonyl (C=O) groups excluding carboxylic acids is 2. The average Bonchev–Trinajstić information content (AvgIpc) is 3.62. The summed E-state index contributed by atoms with van der Waals surface area (Å²) in [6.45, 7) is 0. The molecule has 3 aromatic rings. The van der Waals surface area contributed by atoms with Crippen molar-refractivity contribution in [1.82, 2.24) is 4.98 Å². The minimum atomic E-state index is -0.913. The largest absolute Gasteiger partial charge is 0.493 e. The second-order valence-corrected chi connectivity index (χ2v) is 6.72. The number of methoxy groups -OCH3 is 2. The number of hydroxylamine groups is 1. The van der Waals surface area contributed by atoms with Crippen molar-refractivity contribution in [3.8, 4) is 17.2 Å². The average molecular weight is 408 g/mol. The number of hydrogen-bond donors (Lipinski definition) is 0. The standard InChI is InChI=1S/C22H20N2O6/c1-27-19-12-16-17(13-20(19)28-2)23-11-10-18(16)30-24(15-6-4-3-5-7-15)22(26)29-21(25)14-8-9-14/h3-7,10-14H,8-9H2,1-2H3. The molecule has 30 heavy (non-hydrogen) atoms. The Hall–Kier alpha value is -3.81. The number of rotatable bonds is 6. The molecule has 1 aliphatic rings. The lowest BCUT2D eigenvalue weighted by atomic mass is 10.2. The topological polar surface area (TPSA) is 87.2 Å². The van der Waals surface area contributed by atoms with Crippen molar-refractivity contribution in [3.05, 3.63) is 54.7 Å². The number of pyridine rings is 1. The maximum atomic E-state index is 12.7. The summed E-state index contributed by atoms with van der Waals surface area (Å²) in [5.74, 6) is 0.575. The van der Waals surface area contributed by atoms with Crippen LogP contribution in [0.5, 0.6) is 17.2 Å². The molecule has 1 aromatic heterocycles. The molecule has 1 saturated carbocycles. The lowest BCUT2D eigenvalue weighted by molar-refractivity contribution is -0.138. The number of para-hydroxylation sites is 1. The van der Waals surface area contributed by atoms with Gasteiger partial charge in [-0.3, -0.25) is 9.78 Å². The molecule has 0 bridgehead atoms. The zero-order chi connectivity index (χ0) is 21.1. The van der Waals surface area contributed by atoms with Gasteiger partial charge in [0.2, 0.25) is 0 Å². The molecule has 0 aliphatic heterocycles. The highest BCUT2D eigenvalue weighted by Gasteiger charge is 2.35. The van der Waals surface area contributed by atoms with Crippen LogP contribution in [0.4, 0.5) is 10.5 Å². The van der Waals surface area contributed by atoms with Crippen LogP contribution in [-0.2, 0) is 9.53 Å². The number of ether oxygens (including phenoxy) is 3. The molecule has 1 amide bonds. The molecule has 2 aromatic carbocycles. The number of aromatic nitrogens is 1. The second kappa shape index (κ2) is 8.28. The number of hydrogen-bond acceptors (Lipinski definition) is 7. The third kappa shape index (κ3) is 3.98. The zero-order valence-electron chi connectivity index (χ0n) is 16.5. The van der Waals surface area contributed by atoms with E-state index in [2.05, 4.69) is 4.98 Å². The molecule has 0 unspecified atom stereocenters. The van der Waals surface area contributed by atoms with Crippen LogP contribution in [-0.4, -0.2) is 31.3 Å². The van der Waals surface area contributed by atoms with Crippen molar-refractivity contribution < 1.29 is 28.6 Å². The summed E-state index contributed by atoms with van der Waals surface area (Å²) >= 11 is 0. The van der Waals surface area contributed by atoms with E-state index in [0.717, 1.165) is 17.9 Å². The van der Waals surface area contributed by atoms with Crippen LogP contribution in [0.25, 0.3) is 10.9 Å². The molecule has 1 heterocycles. The van der Waals surface area contributed by atoms with Crippen molar-refractivity contribution >= 4 is 28.7 Å². The van der Waals surface area contributed by atoms with Gasteiger partial charge in [-0.15, -0.1) is 5.06 Å². The molecule has 0 saturated heterocycles. The molecule has 4 rings (SSSR count). The molecule has 8 heteroatoms. The lowest BCUT2D eigenvalue weighted by Crippen LogP contribution is -2.36. The van der Waals surface area contributed by atoms with Crippen LogP contribution in [0.15, 0.2) is 54.7 Å². The summed E-state index contributed by atoms with van der Waals surface area (Å²) in [5.41, 5.74) is 0.997. The third-order valence-electron chi connectivity index (χ3n) is 4.65. The Morgan fingerprint density at radius 3 is 2.33 bits per heavy atom. The van der Waals surface area contributed by atoms with Crippen molar-refractivity contribution in [2.24, 2.45) is 5.92 Å². The van der Waals surface area contributed by atoms with Crippen LogP contribution in [0.1, 0.15) is 12.8 Å². The fourth-order valence-corrected chi connectivity index (χ4v) is 2.91. The summed E-state index contributed by atoms with van der Waals surface area (Å²) in [4.78, 5) is 35.0. The molecular formula is C22H20N2O6. The Balaban J connectivity index is 1.71. The number of amides is 1. The van der Waals surface area contributed by atoms with Crippen molar-refractivity contribution in [3.63, 3.8) is 0 Å². The minimum absolute atomic E-state index is 0.218. The van der Waals surface area contributed by atoms with E-state index >= 15 is 0 Å². The maximum Gasteiger partial charge on any atom is 0.455 e. The fourth-order valence-electron chi connectivity index (χ4n) is 2.91. The second-order valence-electron chi connectivity index (χ2n) is 6.72. The fraction of sp³-hybridized carbons (Fsp3) is 0.227. The molecule has 0 radical (unpaired) electrons. The smallest absolute Gasteiger partial charge is 0.455 e. The Labute approximate surface area is 172 Å². The zero-order valence-corrected chi connectivity index (χ0v) is 16.5. The predicted octanol–water partition coefficient (Wildman–Crippen LogP) is 4.13. The van der Waals surface area contributed by atoms with Gasteiger partial charge < -0.3 is 19.0 Å². The summed E-state index contributed by atoms with van der Waals surface area (Å²) in [6.07, 6.45) is 2.10. The summed E-state index contributed by atoms with van der Waals surface area (Å²) < 4.78 is 15.7. The van der Waals surface area contributed by atoms with Gasteiger partial charge in [-0.25, -0.2) is 4.79 Å². The predicted molar refractivity (Wildman–Crippen MR) is 109 cm³/mol. The number of carbonyl (C=O) groups is 2. The van der Waals surface area contributed by atoms with E-state index in [-0.39, 0.29) is 5.92 Å². The molecule has 154 valence electrons. The van der Waals surface area contributed by atoms with Gasteiger partial charge in [0.05, 0.1) is 31.3 Å². The Morgan fingerprint density at radius 1 is 0.967 bits per heavy atom. The molecule has 8 nitrogen and oxygen atoms in total. The van der Waals surface area contributed by atoms with Crippen LogP contribution in [0.2, 0.25) is 0 Å². The first-order chi connectivity index (χ1) is 14.6. The lowest BCUT2D eigenvalue weighted by Gasteiger charge is -2.22. The molecule has 1 aliphatic carbocycles. The van der Waals surface area contributed by atoms with E-state index < -0.39 is 12.1 Å². The maximum absolute atomic E-state index is 12.7. The van der Waals surface area contributed by atoms with E-state index in [9.17, 15) is 9.59 Å². The summed E-state index contributed by atoms with van der Waals surface area (Å²) in [6, 6.07) is 13.7. The number of benzene rings is 2. The van der Waals surface area contributed by atoms with Crippen LogP contribution in [0.3, 0.4) is 0 Å². The van der Waals surface area contributed by atoms with Gasteiger partial charge in [-0.1, -0.05) is 18.2 Å². The normalized spacial score (nSPS) is 12.9. The van der Waals surface area contributed by atoms with E-state index in [1.54, 1.807) is 54.7 Å². The van der Waals surface area contributed by atoms with E-state index in [1.165, 1.54) is 14.2 Å². The highest BCUT2D eigenvalue weighted by molar-refractivity contribution is 5.95. The highest BCUT2D eigenvalue weighted by Crippen LogP contribution is 2.36. The van der Waals surface area contributed by atoms with E-state index in [1.807, 2.05) is 0 Å². The molecule has 0 spiro atoms. The molecule has 0 atom stereocenters. The Kier molecular flexibility index (Phi) is 5.38. The first-order valence-electron chi connectivity index (χ1n) is 9.40. The number of esters is 1. The Morgan fingerprint density at radius 2 is 1.67 bits per heavy atom. The quantitative estimate of drug-likeness (QED) is 0.344. The van der Waals surface area contributed by atoms with Gasteiger partial charge in [0.25, 0.3) is 0 Å². The van der Waals surface area contributed by atoms with Gasteiger partial charge in [-0.05, 0) is 31.0 Å². The SMILES string of the molecule is COc1cc2nccc(ON(C(=O)OC(=O)C3CC3)c3ccccc3)c2cc1OC. The van der Waals surface area contributed by atoms with Gasteiger partial charge >= 0.3 is 12.1 Å².